The van der Waals surface area contributed by atoms with Crippen molar-refractivity contribution < 1.29 is 0 Å². The first-order valence-corrected chi connectivity index (χ1v) is 1.29. The maximum atomic E-state index is 6.28. The molecule has 0 aromatic carbocycles. The number of nitrogens with one attached hydrogen (secondary N) is 1. The quantitative estimate of drug-likeness (QED) is 0.297. The van der Waals surface area contributed by atoms with Gasteiger partial charge in [0.1, 0.15) is 0 Å². The lowest BCUT2D eigenvalue weighted by molar-refractivity contribution is 1.60. The van der Waals surface area contributed by atoms with Crippen molar-refractivity contribution in [1.82, 2.24) is 0 Å². The molecule has 5 heavy (non-hydrogen) atoms. The summed E-state index contributed by atoms with van der Waals surface area (Å²) < 4.78 is 0. The van der Waals surface area contributed by atoms with Gasteiger partial charge in [0, 0.05) is 15.5 Å². The van der Waals surface area contributed by atoms with Crippen LogP contribution in [-0.4, -0.2) is 28.1 Å². The van der Waals surface area contributed by atoms with Gasteiger partial charge in [-0.05, 0) is 0 Å². The molecule has 0 saturated carbocycles. The van der Waals surface area contributed by atoms with Crippen LogP contribution in [0, 0.1) is 5.41 Å². The highest BCUT2D eigenvalue weighted by Crippen LogP contribution is 1.45. The third-order valence-electron chi connectivity index (χ3n) is 0.192. The predicted octanol–water partition coefficient (Wildman–Crippen LogP) is -1.000. The SMILES string of the molecule is [B]B([B])C=N. The highest BCUT2D eigenvalue weighted by atomic mass is 14.3. The molecular formula is CH2B3N. The van der Waals surface area contributed by atoms with Crippen LogP contribution in [0.3, 0.4) is 0 Å². The molecule has 0 heterocycles. The minimum atomic E-state index is -0.574. The first-order chi connectivity index (χ1) is 2.27. The Kier molecular flexibility index (Phi) is 2.07. The lowest BCUT2D eigenvalue weighted by Gasteiger charge is -1.76. The highest BCUT2D eigenvalue weighted by Gasteiger charge is 1.82. The largest absolute Gasteiger partial charge is 0.325 e. The topological polar surface area (TPSA) is 23.9 Å². The Balaban J connectivity index is 2.83. The fraction of sp³-hybridized carbons (Fsp3) is 0. The maximum Gasteiger partial charge on any atom is 0.0938 e. The average molecular weight is 60.5 g/mol. The molecule has 0 aromatic rings. The normalized spacial score (nSPS) is 6.40. The smallest absolute Gasteiger partial charge is 0.0938 e. The molecule has 4 heteroatoms. The second-order valence-corrected chi connectivity index (χ2v) is 0.744. The van der Waals surface area contributed by atoms with E-state index >= 15 is 0 Å². The molecule has 0 rings (SSSR count). The number of hydrogen-bond donors (Lipinski definition) is 1. The summed E-state index contributed by atoms with van der Waals surface area (Å²) >= 11 is 0. The van der Waals surface area contributed by atoms with E-state index in [1.54, 1.807) is 0 Å². The molecule has 4 radical (unpaired) electrons. The zero-order chi connectivity index (χ0) is 4.28. The van der Waals surface area contributed by atoms with Gasteiger partial charge in [0.15, 0.2) is 0 Å². The molecule has 0 aliphatic heterocycles. The molecule has 0 aromatic heterocycles. The molecule has 20 valence electrons. The van der Waals surface area contributed by atoms with Crippen LogP contribution in [0.15, 0.2) is 0 Å². The molecule has 0 atom stereocenters. The minimum Gasteiger partial charge on any atom is -0.325 e. The summed E-state index contributed by atoms with van der Waals surface area (Å²) in [5.74, 6) is 0. The van der Waals surface area contributed by atoms with E-state index in [1.165, 1.54) is 0 Å². The van der Waals surface area contributed by atoms with E-state index in [2.05, 4.69) is 0 Å². The summed E-state index contributed by atoms with van der Waals surface area (Å²) in [6.07, 6.45) is 0.972. The summed E-state index contributed by atoms with van der Waals surface area (Å²) in [4.78, 5) is 0. The molecule has 0 bridgehead atoms. The molecule has 0 spiro atoms. The average Bonchev–Trinajstić information content (AvgIpc) is 1.38. The molecule has 1 nitrogen and oxygen atoms in total. The van der Waals surface area contributed by atoms with Crippen molar-refractivity contribution in [2.45, 2.75) is 0 Å². The Morgan fingerprint density at radius 2 is 1.80 bits per heavy atom. The second kappa shape index (κ2) is 2.12. The monoisotopic (exact) mass is 61.0 g/mol. The van der Waals surface area contributed by atoms with E-state index in [0.717, 1.165) is 6.11 Å². The lowest BCUT2D eigenvalue weighted by Crippen LogP contribution is -2.13. The third-order valence-corrected chi connectivity index (χ3v) is 0.192. The lowest BCUT2D eigenvalue weighted by atomic mass is 9.20. The van der Waals surface area contributed by atoms with Gasteiger partial charge in [0.25, 0.3) is 0 Å². The second-order valence-electron chi connectivity index (χ2n) is 0.744. The predicted molar refractivity (Wildman–Crippen MR) is 26.0 cm³/mol. The minimum absolute atomic E-state index is 0.574. The molecule has 0 amide bonds. The van der Waals surface area contributed by atoms with Crippen LogP contribution in [-0.2, 0) is 0 Å². The fourth-order valence-corrected chi connectivity index (χ4v) is 0. The number of rotatable bonds is 1. The highest BCUT2D eigenvalue weighted by molar-refractivity contribution is 7.40. The van der Waals surface area contributed by atoms with E-state index < -0.39 is 6.49 Å². The van der Waals surface area contributed by atoms with Crippen molar-refractivity contribution in [3.8, 4) is 0 Å². The van der Waals surface area contributed by atoms with Crippen LogP contribution in [0.4, 0.5) is 0 Å². The van der Waals surface area contributed by atoms with Gasteiger partial charge >= 0.3 is 0 Å². The van der Waals surface area contributed by atoms with Crippen molar-refractivity contribution in [3.63, 3.8) is 0 Å². The van der Waals surface area contributed by atoms with E-state index in [4.69, 9.17) is 20.9 Å². The van der Waals surface area contributed by atoms with Gasteiger partial charge in [-0.1, -0.05) is 6.11 Å². The molecular weight excluding hydrogens is 58.5 g/mol. The Labute approximate surface area is 34.5 Å². The first kappa shape index (κ1) is 4.86. The van der Waals surface area contributed by atoms with Gasteiger partial charge in [-0.3, -0.25) is 0 Å². The Hall–Kier alpha value is -0.135. The van der Waals surface area contributed by atoms with E-state index in [9.17, 15) is 0 Å². The summed E-state index contributed by atoms with van der Waals surface area (Å²) in [7, 11) is 9.65. The van der Waals surface area contributed by atoms with Crippen molar-refractivity contribution in [3.05, 3.63) is 0 Å². The van der Waals surface area contributed by atoms with Gasteiger partial charge in [-0.15, -0.1) is 0 Å². The maximum absolute atomic E-state index is 6.28. The summed E-state index contributed by atoms with van der Waals surface area (Å²) in [6.45, 7) is -0.574. The van der Waals surface area contributed by atoms with Crippen LogP contribution in [0.5, 0.6) is 0 Å². The molecule has 0 aliphatic carbocycles. The molecule has 0 aliphatic rings. The molecule has 1 N–H and O–H groups in total. The Morgan fingerprint density at radius 1 is 1.60 bits per heavy atom. The Morgan fingerprint density at radius 3 is 1.80 bits per heavy atom. The van der Waals surface area contributed by atoms with Crippen molar-refractivity contribution in [2.24, 2.45) is 0 Å². The first-order valence-electron chi connectivity index (χ1n) is 1.29. The summed E-state index contributed by atoms with van der Waals surface area (Å²) in [6, 6.07) is 0. The van der Waals surface area contributed by atoms with Crippen LogP contribution in [0.25, 0.3) is 0 Å². The van der Waals surface area contributed by atoms with E-state index in [-0.39, 0.29) is 0 Å². The fourth-order valence-electron chi connectivity index (χ4n) is 0. The van der Waals surface area contributed by atoms with Crippen LogP contribution in [0.2, 0.25) is 0 Å². The van der Waals surface area contributed by atoms with Crippen molar-refractivity contribution >= 4 is 28.1 Å². The van der Waals surface area contributed by atoms with Crippen molar-refractivity contribution in [1.29, 1.82) is 5.41 Å². The van der Waals surface area contributed by atoms with Gasteiger partial charge in [0.2, 0.25) is 0 Å². The van der Waals surface area contributed by atoms with E-state index in [0.29, 0.717) is 0 Å². The zero-order valence-electron chi connectivity index (χ0n) is 2.81. The molecule has 0 saturated heterocycles. The van der Waals surface area contributed by atoms with Gasteiger partial charge in [-0.25, -0.2) is 0 Å². The van der Waals surface area contributed by atoms with Crippen LogP contribution >= 0.6 is 0 Å². The van der Waals surface area contributed by atoms with E-state index in [1.807, 2.05) is 0 Å². The van der Waals surface area contributed by atoms with Gasteiger partial charge in [0.05, 0.1) is 6.49 Å². The standard InChI is InChI=1S/CH2B3N/c2-4(3)1-5/h1,5H. The summed E-state index contributed by atoms with van der Waals surface area (Å²) in [5.41, 5.74) is 0. The van der Waals surface area contributed by atoms with Crippen LogP contribution < -0.4 is 0 Å². The zero-order valence-corrected chi connectivity index (χ0v) is 2.81. The van der Waals surface area contributed by atoms with Gasteiger partial charge < -0.3 is 5.41 Å². The number of hydrogen-bond acceptors (Lipinski definition) is 1. The van der Waals surface area contributed by atoms with Gasteiger partial charge in [-0.2, -0.15) is 0 Å². The third kappa shape index (κ3) is 3.86. The van der Waals surface area contributed by atoms with Crippen LogP contribution in [0.1, 0.15) is 0 Å². The summed E-state index contributed by atoms with van der Waals surface area (Å²) in [5, 5.41) is 6.28. The van der Waals surface area contributed by atoms with Crippen molar-refractivity contribution in [2.75, 3.05) is 0 Å². The molecule has 0 fully saturated rings. The Bertz CT molecular complexity index is 33.9. The molecule has 0 unspecified atom stereocenters.